The molecule has 1 fully saturated rings. The zero-order valence-electron chi connectivity index (χ0n) is 11.6. The molecular formula is C15H18Cl2N2O2. The molecule has 0 atom stereocenters. The van der Waals surface area contributed by atoms with Gasteiger partial charge in [-0.2, -0.15) is 0 Å². The normalized spacial score (nSPS) is 16.0. The topological polar surface area (TPSA) is 63.4 Å². The molecular weight excluding hydrogens is 311 g/mol. The molecule has 2 N–H and O–H groups in total. The molecule has 0 spiro atoms. The summed E-state index contributed by atoms with van der Waals surface area (Å²) in [4.78, 5) is 24.2. The lowest BCUT2D eigenvalue weighted by atomic mass is 9.90. The number of hydrogen-bond acceptors (Lipinski definition) is 2. The molecule has 1 saturated heterocycles. The van der Waals surface area contributed by atoms with E-state index in [1.807, 2.05) is 12.1 Å². The van der Waals surface area contributed by atoms with E-state index < -0.39 is 5.91 Å². The van der Waals surface area contributed by atoms with Gasteiger partial charge in [-0.1, -0.05) is 23.2 Å². The zero-order chi connectivity index (χ0) is 15.4. The third-order valence-electron chi connectivity index (χ3n) is 3.81. The molecule has 4 nitrogen and oxygen atoms in total. The highest BCUT2D eigenvalue weighted by molar-refractivity contribution is 6.33. The van der Waals surface area contributed by atoms with Crippen molar-refractivity contribution >= 4 is 35.0 Å². The molecule has 2 amide bonds. The summed E-state index contributed by atoms with van der Waals surface area (Å²) in [6.07, 6.45) is 2.45. The van der Waals surface area contributed by atoms with Crippen molar-refractivity contribution in [3.8, 4) is 0 Å². The molecule has 6 heteroatoms. The van der Waals surface area contributed by atoms with Gasteiger partial charge in [0.2, 0.25) is 11.8 Å². The molecule has 0 bridgehead atoms. The Hall–Kier alpha value is -1.26. The van der Waals surface area contributed by atoms with Gasteiger partial charge >= 0.3 is 0 Å². The maximum absolute atomic E-state index is 11.8. The molecule has 1 heterocycles. The van der Waals surface area contributed by atoms with E-state index in [-0.39, 0.29) is 12.3 Å². The van der Waals surface area contributed by atoms with Crippen LogP contribution in [0.15, 0.2) is 18.2 Å². The fourth-order valence-corrected chi connectivity index (χ4v) is 3.05. The number of likely N-dealkylation sites (tertiary alicyclic amines) is 1. The molecule has 114 valence electrons. The van der Waals surface area contributed by atoms with E-state index in [2.05, 4.69) is 0 Å². The summed E-state index contributed by atoms with van der Waals surface area (Å²) in [5.41, 5.74) is 6.09. The quantitative estimate of drug-likeness (QED) is 0.863. The number of carbonyl (C=O) groups excluding carboxylic acids is 2. The highest BCUT2D eigenvalue weighted by atomic mass is 35.5. The second-order valence-electron chi connectivity index (χ2n) is 5.41. The van der Waals surface area contributed by atoms with Crippen molar-refractivity contribution < 1.29 is 9.59 Å². The summed E-state index contributed by atoms with van der Waals surface area (Å²) in [5.74, 6) is -0.284. The number of amides is 2. The molecule has 0 aromatic heterocycles. The number of halogens is 2. The van der Waals surface area contributed by atoms with Gasteiger partial charge in [0.05, 0.1) is 0 Å². The van der Waals surface area contributed by atoms with Gasteiger partial charge in [-0.3, -0.25) is 9.59 Å². The van der Waals surface area contributed by atoms with E-state index in [0.717, 1.165) is 29.8 Å². The largest absolute Gasteiger partial charge is 0.369 e. The van der Waals surface area contributed by atoms with Crippen molar-refractivity contribution in [1.82, 2.24) is 4.90 Å². The minimum absolute atomic E-state index is 0.179. The molecule has 1 aromatic carbocycles. The summed E-state index contributed by atoms with van der Waals surface area (Å²) < 4.78 is 0. The highest BCUT2D eigenvalue weighted by Crippen LogP contribution is 2.27. The Balaban J connectivity index is 1.88. The number of nitrogens with two attached hydrogens (primary N) is 1. The van der Waals surface area contributed by atoms with Gasteiger partial charge in [-0.25, -0.2) is 0 Å². The first-order chi connectivity index (χ1) is 9.95. The Bertz CT molecular complexity index is 540. The summed E-state index contributed by atoms with van der Waals surface area (Å²) in [6.45, 7) is 1.32. The molecule has 2 rings (SSSR count). The molecule has 21 heavy (non-hydrogen) atoms. The van der Waals surface area contributed by atoms with Gasteiger partial charge in [0, 0.05) is 23.1 Å². The van der Waals surface area contributed by atoms with E-state index in [1.54, 1.807) is 11.0 Å². The van der Waals surface area contributed by atoms with Crippen LogP contribution in [-0.2, 0) is 16.0 Å². The van der Waals surface area contributed by atoms with E-state index in [9.17, 15) is 9.59 Å². The minimum Gasteiger partial charge on any atom is -0.369 e. The molecule has 0 aliphatic carbocycles. The number of piperidine rings is 1. The number of rotatable bonds is 4. The third kappa shape index (κ3) is 4.61. The predicted molar refractivity (Wildman–Crippen MR) is 83.3 cm³/mol. The fourth-order valence-electron chi connectivity index (χ4n) is 2.66. The van der Waals surface area contributed by atoms with Crippen molar-refractivity contribution in [3.05, 3.63) is 33.8 Å². The van der Waals surface area contributed by atoms with Gasteiger partial charge in [0.25, 0.3) is 0 Å². The number of hydrogen-bond donors (Lipinski definition) is 1. The van der Waals surface area contributed by atoms with Crippen molar-refractivity contribution in [2.75, 3.05) is 13.1 Å². The highest BCUT2D eigenvalue weighted by Gasteiger charge is 2.24. The van der Waals surface area contributed by atoms with Crippen LogP contribution in [0.2, 0.25) is 10.0 Å². The summed E-state index contributed by atoms with van der Waals surface area (Å²) in [6, 6.07) is 5.48. The number of nitrogens with zero attached hydrogens (tertiary/aromatic N) is 1. The SMILES string of the molecule is NC(=O)CC(=O)N1CCC(Cc2cc(Cl)ccc2Cl)CC1. The Morgan fingerprint density at radius 1 is 1.24 bits per heavy atom. The number of carbonyl (C=O) groups is 2. The van der Waals surface area contributed by atoms with Crippen molar-refractivity contribution in [2.24, 2.45) is 11.7 Å². The summed E-state index contributed by atoms with van der Waals surface area (Å²) in [7, 11) is 0. The first-order valence-electron chi connectivity index (χ1n) is 6.95. The third-order valence-corrected chi connectivity index (χ3v) is 4.41. The van der Waals surface area contributed by atoms with Crippen LogP contribution in [0.25, 0.3) is 0 Å². The molecule has 0 saturated carbocycles. The van der Waals surface area contributed by atoms with Crippen LogP contribution in [0.3, 0.4) is 0 Å². The van der Waals surface area contributed by atoms with Crippen LogP contribution in [0.4, 0.5) is 0 Å². The lowest BCUT2D eigenvalue weighted by Gasteiger charge is -2.32. The Morgan fingerprint density at radius 3 is 2.52 bits per heavy atom. The van der Waals surface area contributed by atoms with Crippen LogP contribution in [0.1, 0.15) is 24.8 Å². The maximum Gasteiger partial charge on any atom is 0.231 e. The average Bonchev–Trinajstić information content (AvgIpc) is 2.43. The zero-order valence-corrected chi connectivity index (χ0v) is 13.2. The van der Waals surface area contributed by atoms with Crippen LogP contribution >= 0.6 is 23.2 Å². The van der Waals surface area contributed by atoms with Gasteiger partial charge in [0.1, 0.15) is 6.42 Å². The summed E-state index contributed by atoms with van der Waals surface area (Å²) in [5, 5.41) is 1.41. The maximum atomic E-state index is 11.8. The number of primary amides is 1. The smallest absolute Gasteiger partial charge is 0.231 e. The lowest BCUT2D eigenvalue weighted by molar-refractivity contribution is -0.136. The Morgan fingerprint density at radius 2 is 1.90 bits per heavy atom. The van der Waals surface area contributed by atoms with Gasteiger partial charge < -0.3 is 10.6 Å². The van der Waals surface area contributed by atoms with Gasteiger partial charge in [0.15, 0.2) is 0 Å². The van der Waals surface area contributed by atoms with E-state index in [4.69, 9.17) is 28.9 Å². The van der Waals surface area contributed by atoms with E-state index in [0.29, 0.717) is 24.0 Å². The van der Waals surface area contributed by atoms with Gasteiger partial charge in [-0.05, 0) is 48.9 Å². The van der Waals surface area contributed by atoms with Crippen molar-refractivity contribution in [3.63, 3.8) is 0 Å². The predicted octanol–water partition coefficient (Wildman–Crippen LogP) is 2.65. The average molecular weight is 329 g/mol. The Labute approximate surface area is 134 Å². The molecule has 0 radical (unpaired) electrons. The van der Waals surface area contributed by atoms with Crippen LogP contribution in [0.5, 0.6) is 0 Å². The number of benzene rings is 1. The van der Waals surface area contributed by atoms with Crippen LogP contribution in [-0.4, -0.2) is 29.8 Å². The summed E-state index contributed by atoms with van der Waals surface area (Å²) >= 11 is 12.2. The second-order valence-corrected chi connectivity index (χ2v) is 6.25. The van der Waals surface area contributed by atoms with Crippen LogP contribution < -0.4 is 5.73 Å². The molecule has 1 aliphatic rings. The van der Waals surface area contributed by atoms with Crippen molar-refractivity contribution in [2.45, 2.75) is 25.7 Å². The monoisotopic (exact) mass is 328 g/mol. The lowest BCUT2D eigenvalue weighted by Crippen LogP contribution is -2.40. The van der Waals surface area contributed by atoms with Crippen molar-refractivity contribution in [1.29, 1.82) is 0 Å². The van der Waals surface area contributed by atoms with E-state index >= 15 is 0 Å². The van der Waals surface area contributed by atoms with Crippen LogP contribution in [0, 0.1) is 5.92 Å². The standard InChI is InChI=1S/C15H18Cl2N2O2/c16-12-1-2-13(17)11(8-12)7-10-3-5-19(6-4-10)15(21)9-14(18)20/h1-2,8,10H,3-7,9H2,(H2,18,20). The molecule has 1 aliphatic heterocycles. The Kier molecular flexibility index (Phi) is 5.48. The molecule has 1 aromatic rings. The van der Waals surface area contributed by atoms with E-state index in [1.165, 1.54) is 0 Å². The second kappa shape index (κ2) is 7.14. The first-order valence-corrected chi connectivity index (χ1v) is 7.71. The van der Waals surface area contributed by atoms with Gasteiger partial charge in [-0.15, -0.1) is 0 Å². The fraction of sp³-hybridized carbons (Fsp3) is 0.467. The minimum atomic E-state index is -0.576. The first kappa shape index (κ1) is 16.1. The molecule has 0 unspecified atom stereocenters.